The van der Waals surface area contributed by atoms with Crippen molar-refractivity contribution < 1.29 is 24.2 Å². The lowest BCUT2D eigenvalue weighted by Gasteiger charge is -2.25. The van der Waals surface area contributed by atoms with Gasteiger partial charge in [-0.25, -0.2) is 0 Å². The van der Waals surface area contributed by atoms with Crippen molar-refractivity contribution in [2.75, 3.05) is 20.3 Å². The van der Waals surface area contributed by atoms with E-state index in [1.165, 1.54) is 24.1 Å². The first-order valence-corrected chi connectivity index (χ1v) is 9.40. The zero-order chi connectivity index (χ0) is 21.7. The number of ether oxygens (including phenoxy) is 1. The van der Waals surface area contributed by atoms with Gasteiger partial charge in [0, 0.05) is 19.4 Å². The van der Waals surface area contributed by atoms with Crippen molar-refractivity contribution in [1.29, 1.82) is 0 Å². The number of hydrazine groups is 1. The monoisotopic (exact) mass is 409 g/mol. The number of phenolic OH excluding ortho intramolecular Hbond substituents is 1. The molecule has 1 atom stereocenters. The van der Waals surface area contributed by atoms with Crippen LogP contribution in [0.4, 0.5) is 0 Å². The summed E-state index contributed by atoms with van der Waals surface area (Å²) < 4.78 is 5.09. The average molecular weight is 409 g/mol. The fourth-order valence-corrected chi connectivity index (χ4v) is 3.37. The average Bonchev–Trinajstić information content (AvgIpc) is 3.01. The Balaban J connectivity index is 1.90. The number of likely N-dealkylation sites (tertiary alicyclic amines) is 1. The molecule has 8 nitrogen and oxygen atoms in total. The molecule has 1 aliphatic rings. The van der Waals surface area contributed by atoms with Crippen LogP contribution in [0.1, 0.15) is 28.9 Å². The number of methoxy groups -OCH3 is 1. The summed E-state index contributed by atoms with van der Waals surface area (Å²) in [4.78, 5) is 39.3. The van der Waals surface area contributed by atoms with Crippen molar-refractivity contribution in [3.8, 4) is 5.75 Å². The summed E-state index contributed by atoms with van der Waals surface area (Å²) in [5.41, 5.74) is 6.63. The first-order chi connectivity index (χ1) is 14.5. The molecule has 156 valence electrons. The molecule has 0 saturated carbocycles. The van der Waals surface area contributed by atoms with E-state index in [-0.39, 0.29) is 30.0 Å². The number of phenols is 1. The van der Waals surface area contributed by atoms with Gasteiger partial charge in [0.25, 0.3) is 17.6 Å². The van der Waals surface area contributed by atoms with Gasteiger partial charge < -0.3 is 20.2 Å². The van der Waals surface area contributed by atoms with Gasteiger partial charge in [0.2, 0.25) is 0 Å². The number of aromatic hydroxyl groups is 1. The first kappa shape index (κ1) is 21.1. The number of allylic oxidation sites excluding steroid dienone is 1. The predicted octanol–water partition coefficient (Wildman–Crippen LogP) is 1.70. The molecule has 1 saturated heterocycles. The van der Waals surface area contributed by atoms with Crippen LogP contribution in [-0.2, 0) is 14.3 Å². The smallest absolute Gasteiger partial charge is 0.295 e. The number of carbonyl (C=O) groups is 3. The highest BCUT2D eigenvalue weighted by molar-refractivity contribution is 6.45. The van der Waals surface area contributed by atoms with Crippen molar-refractivity contribution >= 4 is 17.6 Å². The maximum Gasteiger partial charge on any atom is 0.295 e. The van der Waals surface area contributed by atoms with Crippen LogP contribution >= 0.6 is 0 Å². The molecule has 2 aromatic rings. The van der Waals surface area contributed by atoms with Crippen molar-refractivity contribution in [2.45, 2.75) is 13.0 Å². The van der Waals surface area contributed by atoms with Gasteiger partial charge in [0.05, 0.1) is 23.8 Å². The topological polar surface area (TPSA) is 108 Å². The second kappa shape index (κ2) is 9.23. The summed E-state index contributed by atoms with van der Waals surface area (Å²) in [6, 6.07) is 14.7. The van der Waals surface area contributed by atoms with E-state index in [1.54, 1.807) is 19.1 Å². The lowest BCUT2D eigenvalue weighted by molar-refractivity contribution is -0.140. The number of carbonyl (C=O) groups excluding carboxylic acids is 3. The van der Waals surface area contributed by atoms with Crippen LogP contribution in [0.2, 0.25) is 0 Å². The fraction of sp³-hybridized carbons (Fsp3) is 0.227. The normalized spacial score (nSPS) is 17.8. The van der Waals surface area contributed by atoms with Crippen LogP contribution in [0.25, 0.3) is 0 Å². The first-order valence-electron chi connectivity index (χ1n) is 9.40. The minimum atomic E-state index is -0.637. The standard InChI is InChI=1S/C22H23N3O5/c1-14(23-24-21(28)16-10-6-7-11-17(16)26)18-19(15-8-4-3-5-9-15)25(12-13-30-2)22(29)20(18)27/h3-11,19,23,26H,12-13H2,1-2H3,(H,24,28)/b18-14-. The molecule has 30 heavy (non-hydrogen) atoms. The van der Waals surface area contributed by atoms with Gasteiger partial charge in [-0.1, -0.05) is 42.5 Å². The molecule has 0 spiro atoms. The highest BCUT2D eigenvalue weighted by Gasteiger charge is 2.44. The van der Waals surface area contributed by atoms with E-state index < -0.39 is 23.6 Å². The van der Waals surface area contributed by atoms with Crippen LogP contribution in [-0.4, -0.2) is 47.9 Å². The molecule has 2 amide bonds. The Kier molecular flexibility index (Phi) is 6.48. The molecule has 1 fully saturated rings. The second-order valence-corrected chi connectivity index (χ2v) is 6.77. The molecular formula is C22H23N3O5. The summed E-state index contributed by atoms with van der Waals surface area (Å²) in [5.74, 6) is -2.00. The van der Waals surface area contributed by atoms with Gasteiger partial charge in [0.1, 0.15) is 5.75 Å². The van der Waals surface area contributed by atoms with E-state index >= 15 is 0 Å². The Bertz CT molecular complexity index is 987. The third-order valence-electron chi connectivity index (χ3n) is 4.85. The Hall–Kier alpha value is -3.65. The molecule has 0 radical (unpaired) electrons. The SMILES string of the molecule is COCCN1C(=O)C(=O)/C(=C(/C)NNC(=O)c2ccccc2O)C1c1ccccc1. The molecule has 1 unspecified atom stereocenters. The van der Waals surface area contributed by atoms with Crippen LogP contribution in [0.5, 0.6) is 5.75 Å². The Labute approximate surface area is 174 Å². The summed E-state index contributed by atoms with van der Waals surface area (Å²) in [5, 5.41) is 9.82. The predicted molar refractivity (Wildman–Crippen MR) is 109 cm³/mol. The van der Waals surface area contributed by atoms with E-state index in [4.69, 9.17) is 4.74 Å². The van der Waals surface area contributed by atoms with Crippen LogP contribution < -0.4 is 10.9 Å². The lowest BCUT2D eigenvalue weighted by Crippen LogP contribution is -2.37. The molecule has 0 aliphatic carbocycles. The molecule has 3 N–H and O–H groups in total. The number of amides is 2. The molecule has 2 aromatic carbocycles. The Morgan fingerprint density at radius 3 is 2.40 bits per heavy atom. The summed E-state index contributed by atoms with van der Waals surface area (Å²) in [6.07, 6.45) is 0. The van der Waals surface area contributed by atoms with Crippen LogP contribution in [0.3, 0.4) is 0 Å². The van der Waals surface area contributed by atoms with E-state index in [0.717, 1.165) is 5.56 Å². The number of nitrogens with zero attached hydrogens (tertiary/aromatic N) is 1. The highest BCUT2D eigenvalue weighted by Crippen LogP contribution is 2.36. The van der Waals surface area contributed by atoms with Crippen molar-refractivity contribution in [1.82, 2.24) is 15.8 Å². The van der Waals surface area contributed by atoms with Gasteiger partial charge in [-0.3, -0.25) is 19.8 Å². The third-order valence-corrected chi connectivity index (χ3v) is 4.85. The van der Waals surface area contributed by atoms with E-state index in [0.29, 0.717) is 5.70 Å². The van der Waals surface area contributed by atoms with Crippen LogP contribution in [0, 0.1) is 0 Å². The number of benzene rings is 2. The van der Waals surface area contributed by atoms with E-state index in [1.807, 2.05) is 30.3 Å². The van der Waals surface area contributed by atoms with Gasteiger partial charge in [0.15, 0.2) is 0 Å². The molecule has 8 heteroatoms. The molecule has 0 aromatic heterocycles. The molecule has 0 bridgehead atoms. The Morgan fingerprint density at radius 2 is 1.73 bits per heavy atom. The number of Topliss-reactive ketones (excluding diaryl/α,β-unsaturated/α-hetero) is 1. The second-order valence-electron chi connectivity index (χ2n) is 6.77. The third kappa shape index (κ3) is 4.18. The highest BCUT2D eigenvalue weighted by atomic mass is 16.5. The molecular weight excluding hydrogens is 386 g/mol. The maximum absolute atomic E-state index is 12.8. The zero-order valence-corrected chi connectivity index (χ0v) is 16.7. The van der Waals surface area contributed by atoms with Crippen LogP contribution in [0.15, 0.2) is 65.9 Å². The number of para-hydroxylation sites is 1. The molecule has 1 aliphatic heterocycles. The maximum atomic E-state index is 12.8. The number of ketones is 1. The number of nitrogens with one attached hydrogen (secondary N) is 2. The van der Waals surface area contributed by atoms with E-state index in [2.05, 4.69) is 10.9 Å². The molecule has 1 heterocycles. The van der Waals surface area contributed by atoms with Crippen molar-refractivity contribution in [2.24, 2.45) is 0 Å². The quantitative estimate of drug-likeness (QED) is 0.365. The molecule has 3 rings (SSSR count). The van der Waals surface area contributed by atoms with Crippen molar-refractivity contribution in [3.05, 3.63) is 77.0 Å². The lowest BCUT2D eigenvalue weighted by atomic mass is 9.97. The van der Waals surface area contributed by atoms with Gasteiger partial charge >= 0.3 is 0 Å². The number of rotatable bonds is 7. The number of hydrogen-bond acceptors (Lipinski definition) is 6. The summed E-state index contributed by atoms with van der Waals surface area (Å²) >= 11 is 0. The largest absolute Gasteiger partial charge is 0.507 e. The van der Waals surface area contributed by atoms with Gasteiger partial charge in [-0.05, 0) is 24.6 Å². The zero-order valence-electron chi connectivity index (χ0n) is 16.7. The minimum absolute atomic E-state index is 0.0814. The fourth-order valence-electron chi connectivity index (χ4n) is 3.37. The number of hydrogen-bond donors (Lipinski definition) is 3. The Morgan fingerprint density at radius 1 is 1.07 bits per heavy atom. The van der Waals surface area contributed by atoms with Crippen molar-refractivity contribution in [3.63, 3.8) is 0 Å². The minimum Gasteiger partial charge on any atom is -0.507 e. The van der Waals surface area contributed by atoms with Gasteiger partial charge in [-0.15, -0.1) is 0 Å². The summed E-state index contributed by atoms with van der Waals surface area (Å²) in [7, 11) is 1.53. The van der Waals surface area contributed by atoms with E-state index in [9.17, 15) is 19.5 Å². The summed E-state index contributed by atoms with van der Waals surface area (Å²) in [6.45, 7) is 2.15. The van der Waals surface area contributed by atoms with Gasteiger partial charge in [-0.2, -0.15) is 0 Å².